The summed E-state index contributed by atoms with van der Waals surface area (Å²) in [6.07, 6.45) is 0. The molecule has 2 rings (SSSR count). The number of hydrogen-bond donors (Lipinski definition) is 2. The maximum Gasteiger partial charge on any atom is 0.123 e. The van der Waals surface area contributed by atoms with Crippen LogP contribution in [0, 0.1) is 0 Å². The summed E-state index contributed by atoms with van der Waals surface area (Å²) in [7, 11) is -2.06. The van der Waals surface area contributed by atoms with Crippen LogP contribution >= 0.6 is 7.80 Å². The van der Waals surface area contributed by atoms with Gasteiger partial charge in [0.2, 0.25) is 0 Å². The van der Waals surface area contributed by atoms with Gasteiger partial charge in [-0.1, -0.05) is 42.5 Å². The average molecular weight is 261 g/mol. The third kappa shape index (κ3) is 2.47. The fraction of sp³-hybridized carbons (Fsp3) is 0.143. The highest BCUT2D eigenvalue weighted by Crippen LogP contribution is 2.34. The lowest BCUT2D eigenvalue weighted by Gasteiger charge is -2.12. The first-order valence-electron chi connectivity index (χ1n) is 5.78. The summed E-state index contributed by atoms with van der Waals surface area (Å²) in [6.45, 7) is 1.74. The Hall–Kier alpha value is -1.57. The van der Waals surface area contributed by atoms with E-state index in [9.17, 15) is 9.67 Å². The molecule has 0 radical (unpaired) electrons. The first kappa shape index (κ1) is 12.9. The number of hydrogen-bond acceptors (Lipinski definition) is 3. The zero-order valence-corrected chi connectivity index (χ0v) is 11.1. The van der Waals surface area contributed by atoms with Gasteiger partial charge in [-0.2, -0.15) is 0 Å². The van der Waals surface area contributed by atoms with E-state index in [0.29, 0.717) is 5.56 Å². The first-order chi connectivity index (χ1) is 8.61. The van der Waals surface area contributed by atoms with Gasteiger partial charge >= 0.3 is 0 Å². The van der Waals surface area contributed by atoms with E-state index in [1.807, 2.05) is 36.4 Å². The summed E-state index contributed by atoms with van der Waals surface area (Å²) in [5.41, 5.74) is 7.20. The normalized spacial score (nSPS) is 14.1. The minimum Gasteiger partial charge on any atom is -0.507 e. The molecule has 0 aliphatic rings. The summed E-state index contributed by atoms with van der Waals surface area (Å²) in [6, 6.07) is 14.4. The van der Waals surface area contributed by atoms with Gasteiger partial charge in [0, 0.05) is 10.9 Å². The Morgan fingerprint density at radius 2 is 1.61 bits per heavy atom. The van der Waals surface area contributed by atoms with Crippen molar-refractivity contribution in [2.75, 3.05) is 0 Å². The number of phenols is 1. The van der Waals surface area contributed by atoms with Crippen LogP contribution in [0.3, 0.4) is 0 Å². The van der Waals surface area contributed by atoms with E-state index < -0.39 is 7.80 Å². The van der Waals surface area contributed by atoms with Gasteiger partial charge in [-0.3, -0.25) is 0 Å². The average Bonchev–Trinajstić information content (AvgIpc) is 2.38. The zero-order chi connectivity index (χ0) is 13.1. The minimum absolute atomic E-state index is 0.185. The van der Waals surface area contributed by atoms with Crippen LogP contribution in [0.1, 0.15) is 6.92 Å². The molecule has 0 saturated heterocycles. The first-order valence-corrected chi connectivity index (χ1v) is 7.27. The molecular weight excluding hydrogens is 245 g/mol. The predicted octanol–water partition coefficient (Wildman–Crippen LogP) is 2.55. The molecule has 2 unspecified atom stereocenters. The van der Waals surface area contributed by atoms with Crippen molar-refractivity contribution in [2.45, 2.75) is 12.7 Å². The number of nitrogens with two attached hydrogens (primary N) is 1. The van der Waals surface area contributed by atoms with E-state index in [2.05, 4.69) is 0 Å². The SMILES string of the molecule is CC(N)[PH](=O)c1ccccc1-c1ccccc1O. The molecule has 2 aromatic rings. The topological polar surface area (TPSA) is 63.3 Å². The highest BCUT2D eigenvalue weighted by Gasteiger charge is 2.15. The van der Waals surface area contributed by atoms with Crippen molar-refractivity contribution in [3.05, 3.63) is 48.5 Å². The molecule has 0 aliphatic heterocycles. The van der Waals surface area contributed by atoms with Gasteiger partial charge in [0.25, 0.3) is 0 Å². The van der Waals surface area contributed by atoms with Crippen LogP contribution in [-0.2, 0) is 4.57 Å². The van der Waals surface area contributed by atoms with E-state index in [1.54, 1.807) is 19.1 Å². The Labute approximate surface area is 107 Å². The van der Waals surface area contributed by atoms with Crippen molar-refractivity contribution in [1.29, 1.82) is 0 Å². The summed E-state index contributed by atoms with van der Waals surface area (Å²) in [5, 5.41) is 10.6. The van der Waals surface area contributed by atoms with E-state index in [4.69, 9.17) is 5.73 Å². The highest BCUT2D eigenvalue weighted by molar-refractivity contribution is 7.54. The van der Waals surface area contributed by atoms with E-state index in [-0.39, 0.29) is 11.5 Å². The molecule has 0 amide bonds. The molecule has 0 aromatic heterocycles. The molecule has 2 atom stereocenters. The molecule has 2 aromatic carbocycles. The van der Waals surface area contributed by atoms with Crippen molar-refractivity contribution in [3.8, 4) is 16.9 Å². The molecule has 0 saturated carbocycles. The zero-order valence-electron chi connectivity index (χ0n) is 10.1. The summed E-state index contributed by atoms with van der Waals surface area (Å²) in [5.74, 6) is -0.188. The maximum atomic E-state index is 12.2. The van der Waals surface area contributed by atoms with Crippen LogP contribution < -0.4 is 11.0 Å². The second-order valence-corrected chi connectivity index (χ2v) is 6.39. The number of rotatable bonds is 3. The molecule has 0 spiro atoms. The van der Waals surface area contributed by atoms with Crippen molar-refractivity contribution >= 4 is 13.1 Å². The predicted molar refractivity (Wildman–Crippen MR) is 75.8 cm³/mol. The van der Waals surface area contributed by atoms with E-state index in [1.165, 1.54) is 0 Å². The smallest absolute Gasteiger partial charge is 0.123 e. The van der Waals surface area contributed by atoms with E-state index >= 15 is 0 Å². The summed E-state index contributed by atoms with van der Waals surface area (Å²) >= 11 is 0. The third-order valence-corrected chi connectivity index (χ3v) is 4.59. The highest BCUT2D eigenvalue weighted by atomic mass is 31.1. The van der Waals surface area contributed by atoms with Crippen molar-refractivity contribution < 1.29 is 9.67 Å². The molecule has 4 heteroatoms. The number of phenolic OH excluding ortho intramolecular Hbond substituents is 1. The Bertz CT molecular complexity index is 582. The lowest BCUT2D eigenvalue weighted by Crippen LogP contribution is -2.16. The van der Waals surface area contributed by atoms with Gasteiger partial charge in [-0.25, -0.2) is 0 Å². The van der Waals surface area contributed by atoms with Gasteiger partial charge in [0.15, 0.2) is 0 Å². The maximum absolute atomic E-state index is 12.2. The minimum atomic E-state index is -2.06. The van der Waals surface area contributed by atoms with Crippen molar-refractivity contribution in [2.24, 2.45) is 5.73 Å². The fourth-order valence-electron chi connectivity index (χ4n) is 1.88. The second kappa shape index (κ2) is 5.38. The van der Waals surface area contributed by atoms with Crippen molar-refractivity contribution in [3.63, 3.8) is 0 Å². The molecule has 0 heterocycles. The fourth-order valence-corrected chi connectivity index (χ4v) is 3.11. The van der Waals surface area contributed by atoms with Crippen LogP contribution in [0.2, 0.25) is 0 Å². The van der Waals surface area contributed by atoms with Gasteiger partial charge < -0.3 is 15.4 Å². The van der Waals surface area contributed by atoms with Gasteiger partial charge in [0.1, 0.15) is 13.6 Å². The summed E-state index contributed by atoms with van der Waals surface area (Å²) < 4.78 is 12.2. The Balaban J connectivity index is 2.59. The number of benzene rings is 2. The molecule has 94 valence electrons. The summed E-state index contributed by atoms with van der Waals surface area (Å²) in [4.78, 5) is 0. The molecule has 0 fully saturated rings. The van der Waals surface area contributed by atoms with Crippen LogP contribution in [-0.4, -0.2) is 10.9 Å². The van der Waals surface area contributed by atoms with Crippen LogP contribution in [0.15, 0.2) is 48.5 Å². The Kier molecular flexibility index (Phi) is 3.85. The monoisotopic (exact) mass is 261 g/mol. The lowest BCUT2D eigenvalue weighted by atomic mass is 10.0. The Morgan fingerprint density at radius 1 is 1.06 bits per heavy atom. The van der Waals surface area contributed by atoms with Crippen LogP contribution in [0.25, 0.3) is 11.1 Å². The largest absolute Gasteiger partial charge is 0.507 e. The lowest BCUT2D eigenvalue weighted by molar-refractivity contribution is 0.477. The standard InChI is InChI=1S/C14H16NO2P/c1-10(15)18(17)14-9-5-3-7-12(14)11-6-2-4-8-13(11)16/h2-10,16,18H,15H2,1H3. The molecule has 0 aliphatic carbocycles. The molecule has 3 nitrogen and oxygen atoms in total. The van der Waals surface area contributed by atoms with Gasteiger partial charge in [-0.05, 0) is 18.6 Å². The number of aromatic hydroxyl groups is 1. The number of para-hydroxylation sites is 1. The molecule has 3 N–H and O–H groups in total. The van der Waals surface area contributed by atoms with Crippen LogP contribution in [0.4, 0.5) is 0 Å². The van der Waals surface area contributed by atoms with Gasteiger partial charge in [-0.15, -0.1) is 0 Å². The third-order valence-electron chi connectivity index (χ3n) is 2.80. The second-order valence-electron chi connectivity index (χ2n) is 4.22. The molecule has 18 heavy (non-hydrogen) atoms. The Morgan fingerprint density at radius 3 is 2.22 bits per heavy atom. The van der Waals surface area contributed by atoms with Crippen molar-refractivity contribution in [1.82, 2.24) is 0 Å². The van der Waals surface area contributed by atoms with Gasteiger partial charge in [0.05, 0.1) is 5.78 Å². The van der Waals surface area contributed by atoms with Crippen LogP contribution in [0.5, 0.6) is 5.75 Å². The molecule has 0 bridgehead atoms. The molecular formula is C14H16NO2P. The van der Waals surface area contributed by atoms with E-state index in [0.717, 1.165) is 10.9 Å². The quantitative estimate of drug-likeness (QED) is 0.834.